The Bertz CT molecular complexity index is 1120. The predicted octanol–water partition coefficient (Wildman–Crippen LogP) is 3.06. The lowest BCUT2D eigenvalue weighted by Gasteiger charge is -2.40. The van der Waals surface area contributed by atoms with Gasteiger partial charge in [0.15, 0.2) is 0 Å². The van der Waals surface area contributed by atoms with Crippen LogP contribution in [-0.2, 0) is 19.1 Å². The second-order valence-corrected chi connectivity index (χ2v) is 12.3. The number of carbonyl (C=O) groups is 3. The number of benzene rings is 1. The number of nitrogens with zero attached hydrogens (tertiary/aromatic N) is 2. The summed E-state index contributed by atoms with van der Waals surface area (Å²) in [5, 5.41) is 10.9. The summed E-state index contributed by atoms with van der Waals surface area (Å²) in [7, 11) is 0. The standard InChI is InChI=1S/C26H29ClN2O5S/c1-15(2)18(14-30)29-21-23(32)28(17-8-6-16(27)7-9-17)12-4-11-26(21)19(22(29)31)20-24(33)34-13-5-10-25(20,3)35-26/h4-11,15,18-21,30H,12-14H2,1-3H3/t18-,19-,20+,21?,25-,26-/m0/s1. The highest BCUT2D eigenvalue weighted by atomic mass is 35.5. The first-order valence-corrected chi connectivity index (χ1v) is 13.1. The van der Waals surface area contributed by atoms with Crippen LogP contribution in [0.3, 0.4) is 0 Å². The second-order valence-electron chi connectivity index (χ2n) is 10.1. The Morgan fingerprint density at radius 1 is 1.11 bits per heavy atom. The van der Waals surface area contributed by atoms with E-state index in [1.54, 1.807) is 34.1 Å². The van der Waals surface area contributed by atoms with Crippen molar-refractivity contribution < 1.29 is 24.2 Å². The van der Waals surface area contributed by atoms with Crippen LogP contribution in [-0.4, -0.2) is 69.1 Å². The number of carbonyl (C=O) groups excluding carboxylic acids is 3. The van der Waals surface area contributed by atoms with Crippen molar-refractivity contribution in [3.8, 4) is 0 Å². The maximum atomic E-state index is 14.3. The van der Waals surface area contributed by atoms with E-state index in [-0.39, 0.29) is 30.9 Å². The molecular formula is C26H29ClN2O5S. The summed E-state index contributed by atoms with van der Waals surface area (Å²) in [6, 6.07) is 5.56. The van der Waals surface area contributed by atoms with Crippen LogP contribution in [0.4, 0.5) is 5.69 Å². The summed E-state index contributed by atoms with van der Waals surface area (Å²) < 4.78 is 3.78. The molecule has 6 atom stereocenters. The van der Waals surface area contributed by atoms with E-state index < -0.39 is 39.4 Å². The number of hydrogen-bond donors (Lipinski definition) is 1. The number of esters is 1. The van der Waals surface area contributed by atoms with Crippen molar-refractivity contribution in [2.75, 3.05) is 24.7 Å². The molecule has 35 heavy (non-hydrogen) atoms. The van der Waals surface area contributed by atoms with Crippen molar-refractivity contribution >= 4 is 46.8 Å². The first-order valence-electron chi connectivity index (χ1n) is 11.9. The van der Waals surface area contributed by atoms with E-state index in [1.165, 1.54) is 11.8 Å². The summed E-state index contributed by atoms with van der Waals surface area (Å²) in [4.78, 5) is 44.9. The zero-order valence-corrected chi connectivity index (χ0v) is 21.5. The highest BCUT2D eigenvalue weighted by Gasteiger charge is 2.74. The molecule has 4 heterocycles. The molecule has 2 fully saturated rings. The van der Waals surface area contributed by atoms with Gasteiger partial charge in [0, 0.05) is 22.0 Å². The van der Waals surface area contributed by atoms with Gasteiger partial charge in [-0.2, -0.15) is 0 Å². The van der Waals surface area contributed by atoms with Gasteiger partial charge in [-0.15, -0.1) is 11.8 Å². The number of amides is 2. The third kappa shape index (κ3) is 3.56. The molecule has 186 valence electrons. The fraction of sp³-hybridized carbons (Fsp3) is 0.500. The fourth-order valence-electron chi connectivity index (χ4n) is 6.13. The summed E-state index contributed by atoms with van der Waals surface area (Å²) >= 11 is 7.57. The minimum Gasteiger partial charge on any atom is -0.461 e. The van der Waals surface area contributed by atoms with Gasteiger partial charge in [-0.3, -0.25) is 14.4 Å². The maximum Gasteiger partial charge on any atom is 0.311 e. The smallest absolute Gasteiger partial charge is 0.311 e. The van der Waals surface area contributed by atoms with Gasteiger partial charge in [-0.1, -0.05) is 43.7 Å². The molecule has 0 radical (unpaired) electrons. The van der Waals surface area contributed by atoms with E-state index in [1.807, 2.05) is 45.1 Å². The Balaban J connectivity index is 1.69. The number of anilines is 1. The van der Waals surface area contributed by atoms with Gasteiger partial charge in [0.25, 0.3) is 5.91 Å². The Kier molecular flexibility index (Phi) is 6.05. The molecule has 4 aliphatic heterocycles. The molecule has 0 aliphatic carbocycles. The molecule has 1 spiro atoms. The highest BCUT2D eigenvalue weighted by molar-refractivity contribution is 8.02. The van der Waals surface area contributed by atoms with Gasteiger partial charge in [0.05, 0.1) is 29.2 Å². The van der Waals surface area contributed by atoms with Gasteiger partial charge in [-0.05, 0) is 43.2 Å². The number of thioether (sulfide) groups is 1. The van der Waals surface area contributed by atoms with Crippen LogP contribution < -0.4 is 4.90 Å². The Morgan fingerprint density at radius 3 is 2.49 bits per heavy atom. The minimum absolute atomic E-state index is 0.0961. The minimum atomic E-state index is -0.974. The maximum absolute atomic E-state index is 14.3. The zero-order chi connectivity index (χ0) is 25.1. The van der Waals surface area contributed by atoms with E-state index in [2.05, 4.69) is 0 Å². The number of ether oxygens (including phenoxy) is 1. The van der Waals surface area contributed by atoms with Crippen LogP contribution >= 0.6 is 23.4 Å². The van der Waals surface area contributed by atoms with Crippen LogP contribution in [0.15, 0.2) is 48.6 Å². The number of hydrogen-bond acceptors (Lipinski definition) is 6. The van der Waals surface area contributed by atoms with Gasteiger partial charge >= 0.3 is 5.97 Å². The molecule has 4 aliphatic rings. The monoisotopic (exact) mass is 516 g/mol. The molecule has 0 saturated carbocycles. The van der Waals surface area contributed by atoms with E-state index in [4.69, 9.17) is 16.3 Å². The number of likely N-dealkylation sites (tertiary alicyclic amines) is 1. The molecule has 1 unspecified atom stereocenters. The summed E-state index contributed by atoms with van der Waals surface area (Å²) in [5.74, 6) is -2.57. The van der Waals surface area contributed by atoms with E-state index in [0.717, 1.165) is 0 Å². The molecule has 0 aromatic heterocycles. The number of aliphatic hydroxyl groups excluding tert-OH is 1. The second kappa shape index (κ2) is 8.68. The fourth-order valence-corrected chi connectivity index (χ4v) is 8.39. The molecule has 2 saturated heterocycles. The van der Waals surface area contributed by atoms with E-state index in [0.29, 0.717) is 17.3 Å². The summed E-state index contributed by atoms with van der Waals surface area (Å²) in [5.41, 5.74) is 0.671. The first kappa shape index (κ1) is 24.4. The van der Waals surface area contributed by atoms with Gasteiger partial charge in [0.2, 0.25) is 5.91 Å². The molecular weight excluding hydrogens is 488 g/mol. The molecule has 5 rings (SSSR count). The van der Waals surface area contributed by atoms with Crippen molar-refractivity contribution in [3.63, 3.8) is 0 Å². The number of cyclic esters (lactones) is 1. The van der Waals surface area contributed by atoms with Gasteiger partial charge in [0.1, 0.15) is 12.6 Å². The first-order chi connectivity index (χ1) is 16.6. The number of halogens is 1. The van der Waals surface area contributed by atoms with Crippen LogP contribution in [0, 0.1) is 17.8 Å². The quantitative estimate of drug-likeness (QED) is 0.489. The van der Waals surface area contributed by atoms with Crippen LogP contribution in [0.1, 0.15) is 20.8 Å². The van der Waals surface area contributed by atoms with Crippen molar-refractivity contribution in [2.45, 2.75) is 42.3 Å². The summed E-state index contributed by atoms with van der Waals surface area (Å²) in [6.45, 7) is 5.99. The van der Waals surface area contributed by atoms with Crippen molar-refractivity contribution in [2.24, 2.45) is 17.8 Å². The van der Waals surface area contributed by atoms with Crippen LogP contribution in [0.25, 0.3) is 0 Å². The SMILES string of the molecule is CC(C)[C@H](CO)N1C(=O)[C@@H]2[C@@H]3C(=O)OCC=C[C@]3(C)S[C@@]23C=CCN(c2ccc(Cl)cc2)C(=O)C13. The average molecular weight is 517 g/mol. The van der Waals surface area contributed by atoms with E-state index >= 15 is 0 Å². The summed E-state index contributed by atoms with van der Waals surface area (Å²) in [6.07, 6.45) is 7.62. The Hall–Kier alpha value is -2.29. The van der Waals surface area contributed by atoms with Crippen molar-refractivity contribution in [1.29, 1.82) is 0 Å². The van der Waals surface area contributed by atoms with Crippen molar-refractivity contribution in [1.82, 2.24) is 4.90 Å². The van der Waals surface area contributed by atoms with Gasteiger partial charge < -0.3 is 19.6 Å². The normalized spacial score (nSPS) is 34.9. The molecule has 9 heteroatoms. The molecule has 1 aromatic rings. The third-order valence-corrected chi connectivity index (χ3v) is 9.75. The van der Waals surface area contributed by atoms with Gasteiger partial charge in [-0.25, -0.2) is 0 Å². The molecule has 2 amide bonds. The molecule has 7 nitrogen and oxygen atoms in total. The average Bonchev–Trinajstić information content (AvgIpc) is 3.06. The number of fused-ring (bicyclic) bond motifs is 2. The largest absolute Gasteiger partial charge is 0.461 e. The lowest BCUT2D eigenvalue weighted by Crippen LogP contribution is -2.58. The number of aliphatic hydroxyl groups is 1. The van der Waals surface area contributed by atoms with E-state index in [9.17, 15) is 19.5 Å². The predicted molar refractivity (Wildman–Crippen MR) is 135 cm³/mol. The molecule has 1 aromatic carbocycles. The third-order valence-electron chi connectivity index (χ3n) is 7.70. The molecule has 1 N–H and O–H groups in total. The molecule has 0 bridgehead atoms. The van der Waals surface area contributed by atoms with Crippen LogP contribution in [0.2, 0.25) is 5.02 Å². The van der Waals surface area contributed by atoms with Crippen molar-refractivity contribution in [3.05, 3.63) is 53.6 Å². The number of rotatable bonds is 4. The Morgan fingerprint density at radius 2 is 1.83 bits per heavy atom. The lowest BCUT2D eigenvalue weighted by molar-refractivity contribution is -0.153. The topological polar surface area (TPSA) is 87.2 Å². The highest BCUT2D eigenvalue weighted by Crippen LogP contribution is 2.65. The zero-order valence-electron chi connectivity index (χ0n) is 19.9. The lowest BCUT2D eigenvalue weighted by atomic mass is 9.75. The van der Waals surface area contributed by atoms with Crippen LogP contribution in [0.5, 0.6) is 0 Å². The Labute approximate surface area is 214 Å².